The predicted octanol–water partition coefficient (Wildman–Crippen LogP) is 5.68. The van der Waals surface area contributed by atoms with Crippen molar-refractivity contribution in [3.8, 4) is 17.3 Å². The molecule has 2 atom stereocenters. The third-order valence-corrected chi connectivity index (χ3v) is 7.21. The Morgan fingerprint density at radius 1 is 1.05 bits per heavy atom. The van der Waals surface area contributed by atoms with Gasteiger partial charge >= 0.3 is 12.2 Å². The van der Waals surface area contributed by atoms with Gasteiger partial charge in [0.2, 0.25) is 0 Å². The molecule has 3 aromatic rings. The summed E-state index contributed by atoms with van der Waals surface area (Å²) in [4.78, 5) is 25.8. The number of likely N-dealkylation sites (tertiary alicyclic amines) is 2. The average Bonchev–Trinajstić information content (AvgIpc) is 3.43. The third kappa shape index (κ3) is 5.45. The molecule has 2 aromatic heterocycles. The Balaban J connectivity index is 1.40. The first kappa shape index (κ1) is 24.8. The summed E-state index contributed by atoms with van der Waals surface area (Å²) in [7, 11) is 0. The number of rotatable bonds is 3. The summed E-state index contributed by atoms with van der Waals surface area (Å²) in [5.74, 6) is 0.0233. The maximum absolute atomic E-state index is 13.5. The smallest absolute Gasteiger partial charge is 0.416 e. The summed E-state index contributed by atoms with van der Waals surface area (Å²) >= 11 is 0. The highest BCUT2D eigenvalue weighted by atomic mass is 19.4. The Morgan fingerprint density at radius 2 is 1.78 bits per heavy atom. The second-order valence-corrected chi connectivity index (χ2v) is 9.64. The Hall–Kier alpha value is -3.87. The molecule has 10 heteroatoms. The lowest BCUT2D eigenvalue weighted by atomic mass is 9.84. The minimum Gasteiger partial charge on any atom is -0.448 e. The van der Waals surface area contributed by atoms with Crippen LogP contribution in [0.1, 0.15) is 48.1 Å². The fourth-order valence-electron chi connectivity index (χ4n) is 5.14. The van der Waals surface area contributed by atoms with E-state index in [1.54, 1.807) is 34.5 Å². The van der Waals surface area contributed by atoms with E-state index < -0.39 is 11.7 Å². The van der Waals surface area contributed by atoms with E-state index in [4.69, 9.17) is 4.42 Å². The minimum absolute atomic E-state index is 0.0451. The first-order valence-corrected chi connectivity index (χ1v) is 12.3. The summed E-state index contributed by atoms with van der Waals surface area (Å²) < 4.78 is 45.2. The van der Waals surface area contributed by atoms with Crippen LogP contribution in [-0.2, 0) is 6.18 Å². The molecular formula is C27H26F3N5O2. The number of carbonyl (C=O) groups excluding carboxylic acids is 1. The van der Waals surface area contributed by atoms with Gasteiger partial charge in [0.15, 0.2) is 5.89 Å². The molecular weight excluding hydrogens is 483 g/mol. The zero-order valence-corrected chi connectivity index (χ0v) is 20.1. The van der Waals surface area contributed by atoms with Crippen molar-refractivity contribution < 1.29 is 22.4 Å². The molecule has 7 nitrogen and oxygen atoms in total. The van der Waals surface area contributed by atoms with Crippen LogP contribution in [0.3, 0.4) is 0 Å². The van der Waals surface area contributed by atoms with Crippen LogP contribution in [-0.4, -0.2) is 52.0 Å². The number of benzene rings is 1. The Morgan fingerprint density at radius 3 is 2.43 bits per heavy atom. The maximum atomic E-state index is 13.5. The lowest BCUT2D eigenvalue weighted by molar-refractivity contribution is -0.137. The van der Waals surface area contributed by atoms with E-state index in [2.05, 4.69) is 16.0 Å². The van der Waals surface area contributed by atoms with Gasteiger partial charge in [-0.1, -0.05) is 12.1 Å². The van der Waals surface area contributed by atoms with Crippen LogP contribution >= 0.6 is 0 Å². The molecule has 0 bridgehead atoms. The maximum Gasteiger partial charge on any atom is 0.416 e. The van der Waals surface area contributed by atoms with Crippen LogP contribution in [0.4, 0.5) is 18.0 Å². The molecule has 0 aliphatic carbocycles. The van der Waals surface area contributed by atoms with Crippen LogP contribution in [0, 0.1) is 17.2 Å². The van der Waals surface area contributed by atoms with Crippen LogP contribution < -0.4 is 0 Å². The lowest BCUT2D eigenvalue weighted by Gasteiger charge is -2.40. The molecule has 0 spiro atoms. The highest BCUT2D eigenvalue weighted by Gasteiger charge is 2.37. The fraction of sp³-hybridized carbons (Fsp3) is 0.407. The van der Waals surface area contributed by atoms with Gasteiger partial charge in [0.25, 0.3) is 0 Å². The van der Waals surface area contributed by atoms with Gasteiger partial charge in [-0.25, -0.2) is 9.78 Å². The monoisotopic (exact) mass is 509 g/mol. The van der Waals surface area contributed by atoms with Gasteiger partial charge in [-0.2, -0.15) is 18.4 Å². The molecule has 2 unspecified atom stereocenters. The number of alkyl halides is 3. The highest BCUT2D eigenvalue weighted by molar-refractivity contribution is 5.75. The molecule has 4 heterocycles. The van der Waals surface area contributed by atoms with E-state index >= 15 is 0 Å². The molecule has 1 aromatic carbocycles. The van der Waals surface area contributed by atoms with Gasteiger partial charge in [0.1, 0.15) is 12.0 Å². The molecule has 5 rings (SSSR count). The van der Waals surface area contributed by atoms with E-state index in [1.807, 2.05) is 6.07 Å². The second-order valence-electron chi connectivity index (χ2n) is 9.64. The molecule has 2 aliphatic heterocycles. The quantitative estimate of drug-likeness (QED) is 0.453. The molecule has 0 N–H and O–H groups in total. The van der Waals surface area contributed by atoms with Crippen LogP contribution in [0.15, 0.2) is 59.5 Å². The number of carbonyl (C=O) groups is 1. The number of nitrogens with zero attached hydrogens (tertiary/aromatic N) is 5. The number of amides is 2. The van der Waals surface area contributed by atoms with Crippen molar-refractivity contribution >= 4 is 6.03 Å². The van der Waals surface area contributed by atoms with Gasteiger partial charge in [0.05, 0.1) is 17.6 Å². The topological polar surface area (TPSA) is 86.3 Å². The first-order valence-electron chi connectivity index (χ1n) is 12.3. The normalized spacial score (nSPS) is 21.0. The number of aromatic nitrogens is 2. The number of halogens is 3. The van der Waals surface area contributed by atoms with Gasteiger partial charge in [0, 0.05) is 56.0 Å². The standard InChI is InChI=1S/C27H26F3N5O2/c28-27(29,30)23-5-3-19(4-6-23)21-12-22(25-33-24(17-37-25)20-2-1-9-32-14-20)16-35(15-21)26(36)34-10-7-18(13-31)8-11-34/h1-6,9,14,17-18,21-22H,7-8,10-12,15-16H2. The SMILES string of the molecule is N#CC1CCN(C(=O)N2CC(c3ccc(C(F)(F)F)cc3)CC(c3nc(-c4cccnc4)co3)C2)CC1. The summed E-state index contributed by atoms with van der Waals surface area (Å²) in [6, 6.07) is 11.0. The van der Waals surface area contributed by atoms with Gasteiger partial charge in [-0.05, 0) is 49.1 Å². The van der Waals surface area contributed by atoms with Gasteiger partial charge in [-0.15, -0.1) is 0 Å². The zero-order valence-electron chi connectivity index (χ0n) is 20.1. The van der Waals surface area contributed by atoms with Crippen molar-refractivity contribution in [1.29, 1.82) is 5.26 Å². The first-order chi connectivity index (χ1) is 17.8. The molecule has 37 heavy (non-hydrogen) atoms. The van der Waals surface area contributed by atoms with E-state index in [-0.39, 0.29) is 23.8 Å². The van der Waals surface area contributed by atoms with Gasteiger partial charge in [-0.3, -0.25) is 4.98 Å². The zero-order chi connectivity index (χ0) is 26.0. The Bertz CT molecular complexity index is 1260. The van der Waals surface area contributed by atoms with Crippen molar-refractivity contribution in [2.75, 3.05) is 26.2 Å². The van der Waals surface area contributed by atoms with Crippen molar-refractivity contribution in [2.24, 2.45) is 5.92 Å². The number of hydrogen-bond donors (Lipinski definition) is 0. The van der Waals surface area contributed by atoms with Crippen molar-refractivity contribution in [3.05, 3.63) is 72.1 Å². The summed E-state index contributed by atoms with van der Waals surface area (Å²) in [6.45, 7) is 1.79. The summed E-state index contributed by atoms with van der Waals surface area (Å²) in [5, 5.41) is 9.18. The van der Waals surface area contributed by atoms with Crippen LogP contribution in [0.25, 0.3) is 11.3 Å². The number of hydrogen-bond acceptors (Lipinski definition) is 5. The molecule has 192 valence electrons. The third-order valence-electron chi connectivity index (χ3n) is 7.21. The number of pyridine rings is 1. The number of urea groups is 1. The van der Waals surface area contributed by atoms with E-state index in [0.29, 0.717) is 57.0 Å². The van der Waals surface area contributed by atoms with E-state index in [1.165, 1.54) is 12.1 Å². The fourth-order valence-corrected chi connectivity index (χ4v) is 5.14. The molecule has 2 aliphatic rings. The number of nitriles is 1. The highest BCUT2D eigenvalue weighted by Crippen LogP contribution is 2.38. The Labute approximate surface area is 212 Å². The average molecular weight is 510 g/mol. The molecule has 2 saturated heterocycles. The lowest BCUT2D eigenvalue weighted by Crippen LogP contribution is -2.51. The number of piperidine rings is 2. The van der Waals surface area contributed by atoms with Crippen LogP contribution in [0.2, 0.25) is 0 Å². The largest absolute Gasteiger partial charge is 0.448 e. The van der Waals surface area contributed by atoms with E-state index in [0.717, 1.165) is 23.3 Å². The van der Waals surface area contributed by atoms with Crippen LogP contribution in [0.5, 0.6) is 0 Å². The molecule has 0 saturated carbocycles. The minimum atomic E-state index is -4.41. The molecule has 2 amide bonds. The van der Waals surface area contributed by atoms with Crippen molar-refractivity contribution in [2.45, 2.75) is 37.3 Å². The second kappa shape index (κ2) is 10.2. The van der Waals surface area contributed by atoms with Crippen molar-refractivity contribution in [1.82, 2.24) is 19.8 Å². The molecule has 2 fully saturated rings. The van der Waals surface area contributed by atoms with Gasteiger partial charge < -0.3 is 14.2 Å². The summed E-state index contributed by atoms with van der Waals surface area (Å²) in [6.07, 6.45) is 2.36. The predicted molar refractivity (Wildman–Crippen MR) is 128 cm³/mol. The summed E-state index contributed by atoms with van der Waals surface area (Å²) in [5.41, 5.74) is 1.47. The Kier molecular flexibility index (Phi) is 6.87. The number of oxazole rings is 1. The molecule has 0 radical (unpaired) electrons. The van der Waals surface area contributed by atoms with Crippen molar-refractivity contribution in [3.63, 3.8) is 0 Å². The van der Waals surface area contributed by atoms with E-state index in [9.17, 15) is 23.2 Å².